The molecular weight excluding hydrogens is 387 g/mol. The highest BCUT2D eigenvalue weighted by Crippen LogP contribution is 2.22. The fourth-order valence-electron chi connectivity index (χ4n) is 2.94. The van der Waals surface area contributed by atoms with Crippen molar-refractivity contribution in [3.8, 4) is 5.75 Å². The lowest BCUT2D eigenvalue weighted by Crippen LogP contribution is -2.51. The summed E-state index contributed by atoms with van der Waals surface area (Å²) in [6.07, 6.45) is 0. The van der Waals surface area contributed by atoms with Crippen LogP contribution < -0.4 is 4.74 Å². The van der Waals surface area contributed by atoms with E-state index in [4.69, 9.17) is 27.9 Å². The number of hydrogen-bond acceptors (Lipinski definition) is 3. The van der Waals surface area contributed by atoms with E-state index in [2.05, 4.69) is 0 Å². The molecule has 5 nitrogen and oxygen atoms in total. The molecule has 0 unspecified atom stereocenters. The predicted octanol–water partition coefficient (Wildman–Crippen LogP) is 3.67. The molecule has 1 aliphatic rings. The number of halogens is 2. The Labute approximate surface area is 168 Å². The topological polar surface area (TPSA) is 49.9 Å². The minimum Gasteiger partial charge on any atom is -0.483 e. The molecule has 1 aliphatic heterocycles. The van der Waals surface area contributed by atoms with Crippen LogP contribution in [0.1, 0.15) is 15.9 Å². The molecule has 2 aromatic carbocycles. The maximum absolute atomic E-state index is 12.5. The van der Waals surface area contributed by atoms with E-state index in [-0.39, 0.29) is 18.4 Å². The maximum atomic E-state index is 12.5. The quantitative estimate of drug-likeness (QED) is 0.777. The van der Waals surface area contributed by atoms with Crippen molar-refractivity contribution < 1.29 is 14.3 Å². The SMILES string of the molecule is Cc1cc(Cl)ccc1OCC(=O)N1CCN(C(=O)c2ccc(Cl)cc2)CC1. The van der Waals surface area contributed by atoms with Crippen LogP contribution in [0.2, 0.25) is 10.0 Å². The summed E-state index contributed by atoms with van der Waals surface area (Å²) in [6, 6.07) is 12.1. The zero-order chi connectivity index (χ0) is 19.4. The Hall–Kier alpha value is -2.24. The van der Waals surface area contributed by atoms with Crippen LogP contribution in [0.25, 0.3) is 0 Å². The normalized spacial score (nSPS) is 14.2. The minimum absolute atomic E-state index is 0.0341. The number of benzene rings is 2. The lowest BCUT2D eigenvalue weighted by molar-refractivity contribution is -0.134. The highest BCUT2D eigenvalue weighted by molar-refractivity contribution is 6.31. The first-order valence-corrected chi connectivity index (χ1v) is 9.41. The largest absolute Gasteiger partial charge is 0.483 e. The number of ether oxygens (including phenoxy) is 1. The monoisotopic (exact) mass is 406 g/mol. The van der Waals surface area contributed by atoms with Crippen LogP contribution in [0.3, 0.4) is 0 Å². The van der Waals surface area contributed by atoms with Crippen molar-refractivity contribution in [2.24, 2.45) is 0 Å². The van der Waals surface area contributed by atoms with Gasteiger partial charge in [0.1, 0.15) is 5.75 Å². The van der Waals surface area contributed by atoms with Crippen molar-refractivity contribution >= 4 is 35.0 Å². The van der Waals surface area contributed by atoms with Gasteiger partial charge in [0.15, 0.2) is 6.61 Å². The van der Waals surface area contributed by atoms with Gasteiger partial charge in [-0.3, -0.25) is 9.59 Å². The summed E-state index contributed by atoms with van der Waals surface area (Å²) < 4.78 is 5.62. The van der Waals surface area contributed by atoms with Crippen LogP contribution >= 0.6 is 23.2 Å². The Morgan fingerprint density at radius 1 is 0.926 bits per heavy atom. The Morgan fingerprint density at radius 3 is 2.15 bits per heavy atom. The number of aryl methyl sites for hydroxylation is 1. The number of nitrogens with zero attached hydrogens (tertiary/aromatic N) is 2. The minimum atomic E-state index is -0.0945. The van der Waals surface area contributed by atoms with E-state index in [1.165, 1.54) is 0 Å². The predicted molar refractivity (Wildman–Crippen MR) is 106 cm³/mol. The molecular formula is C20H20Cl2N2O3. The van der Waals surface area contributed by atoms with E-state index in [1.807, 2.05) is 6.92 Å². The van der Waals surface area contributed by atoms with Crippen molar-refractivity contribution in [3.05, 3.63) is 63.6 Å². The second kappa shape index (κ2) is 8.63. The first kappa shape index (κ1) is 19.5. The van der Waals surface area contributed by atoms with Gasteiger partial charge in [0, 0.05) is 41.8 Å². The van der Waals surface area contributed by atoms with Crippen molar-refractivity contribution in [1.82, 2.24) is 9.80 Å². The van der Waals surface area contributed by atoms with Crippen LogP contribution in [0.4, 0.5) is 0 Å². The summed E-state index contributed by atoms with van der Waals surface area (Å²) in [7, 11) is 0. The molecule has 7 heteroatoms. The molecule has 142 valence electrons. The third-order valence-electron chi connectivity index (χ3n) is 4.50. The van der Waals surface area contributed by atoms with Crippen LogP contribution in [-0.2, 0) is 4.79 Å². The Balaban J connectivity index is 1.50. The fourth-order valence-corrected chi connectivity index (χ4v) is 3.29. The maximum Gasteiger partial charge on any atom is 0.260 e. The molecule has 0 radical (unpaired) electrons. The van der Waals surface area contributed by atoms with Gasteiger partial charge in [0.05, 0.1) is 0 Å². The average Bonchev–Trinajstić information content (AvgIpc) is 2.67. The second-order valence-electron chi connectivity index (χ2n) is 6.38. The highest BCUT2D eigenvalue weighted by atomic mass is 35.5. The van der Waals surface area contributed by atoms with Gasteiger partial charge in [-0.05, 0) is 55.0 Å². The summed E-state index contributed by atoms with van der Waals surface area (Å²) in [4.78, 5) is 28.4. The molecule has 2 aromatic rings. The van der Waals surface area contributed by atoms with Crippen LogP contribution in [-0.4, -0.2) is 54.4 Å². The lowest BCUT2D eigenvalue weighted by atomic mass is 10.2. The van der Waals surface area contributed by atoms with Crippen LogP contribution in [0.15, 0.2) is 42.5 Å². The van der Waals surface area contributed by atoms with Crippen LogP contribution in [0, 0.1) is 6.92 Å². The van der Waals surface area contributed by atoms with Gasteiger partial charge in [-0.25, -0.2) is 0 Å². The van der Waals surface area contributed by atoms with Gasteiger partial charge < -0.3 is 14.5 Å². The number of hydrogen-bond donors (Lipinski definition) is 0. The van der Waals surface area contributed by atoms with Crippen LogP contribution in [0.5, 0.6) is 5.75 Å². The standard InChI is InChI=1S/C20H20Cl2N2O3/c1-14-12-17(22)6-7-18(14)27-13-19(25)23-8-10-24(11-9-23)20(26)15-2-4-16(21)5-3-15/h2-7,12H,8-11,13H2,1H3. The zero-order valence-corrected chi connectivity index (χ0v) is 16.5. The molecule has 0 aromatic heterocycles. The highest BCUT2D eigenvalue weighted by Gasteiger charge is 2.25. The van der Waals surface area contributed by atoms with Gasteiger partial charge in [-0.2, -0.15) is 0 Å². The van der Waals surface area contributed by atoms with Crippen molar-refractivity contribution in [2.45, 2.75) is 6.92 Å². The molecule has 27 heavy (non-hydrogen) atoms. The molecule has 0 N–H and O–H groups in total. The lowest BCUT2D eigenvalue weighted by Gasteiger charge is -2.34. The first-order valence-electron chi connectivity index (χ1n) is 8.65. The van der Waals surface area contributed by atoms with E-state index < -0.39 is 0 Å². The Bertz CT molecular complexity index is 832. The summed E-state index contributed by atoms with van der Waals surface area (Å²) >= 11 is 11.8. The summed E-state index contributed by atoms with van der Waals surface area (Å²) in [5.74, 6) is 0.499. The summed E-state index contributed by atoms with van der Waals surface area (Å²) in [5, 5.41) is 1.23. The molecule has 0 spiro atoms. The van der Waals surface area contributed by atoms with E-state index in [9.17, 15) is 9.59 Å². The zero-order valence-electron chi connectivity index (χ0n) is 15.0. The number of piperazine rings is 1. The average molecular weight is 407 g/mol. The van der Waals surface area contributed by atoms with E-state index >= 15 is 0 Å². The molecule has 1 saturated heterocycles. The number of amides is 2. The number of carbonyl (C=O) groups is 2. The molecule has 0 saturated carbocycles. The van der Waals surface area contributed by atoms with Gasteiger partial charge in [-0.15, -0.1) is 0 Å². The second-order valence-corrected chi connectivity index (χ2v) is 7.25. The molecule has 0 aliphatic carbocycles. The van der Waals surface area contributed by atoms with E-state index in [0.717, 1.165) is 5.56 Å². The first-order chi connectivity index (χ1) is 12.9. The molecule has 1 heterocycles. The number of rotatable bonds is 4. The summed E-state index contributed by atoms with van der Waals surface area (Å²) in [6.45, 7) is 3.81. The van der Waals surface area contributed by atoms with E-state index in [1.54, 1.807) is 52.3 Å². The van der Waals surface area contributed by atoms with Gasteiger partial charge in [0.2, 0.25) is 0 Å². The van der Waals surface area contributed by atoms with Crippen molar-refractivity contribution in [3.63, 3.8) is 0 Å². The molecule has 1 fully saturated rings. The van der Waals surface area contributed by atoms with Crippen molar-refractivity contribution in [1.29, 1.82) is 0 Å². The third kappa shape index (κ3) is 4.93. The molecule has 0 atom stereocenters. The van der Waals surface area contributed by atoms with E-state index in [0.29, 0.717) is 47.5 Å². The smallest absolute Gasteiger partial charge is 0.260 e. The van der Waals surface area contributed by atoms with Gasteiger partial charge >= 0.3 is 0 Å². The third-order valence-corrected chi connectivity index (χ3v) is 4.99. The van der Waals surface area contributed by atoms with Crippen molar-refractivity contribution in [2.75, 3.05) is 32.8 Å². The van der Waals surface area contributed by atoms with Gasteiger partial charge in [-0.1, -0.05) is 23.2 Å². The Kier molecular flexibility index (Phi) is 6.24. The fraction of sp³-hybridized carbons (Fsp3) is 0.300. The molecule has 3 rings (SSSR count). The Morgan fingerprint density at radius 2 is 1.52 bits per heavy atom. The molecule has 0 bridgehead atoms. The number of carbonyl (C=O) groups excluding carboxylic acids is 2. The summed E-state index contributed by atoms with van der Waals surface area (Å²) in [5.41, 5.74) is 1.48. The molecule has 2 amide bonds. The van der Waals surface area contributed by atoms with Gasteiger partial charge in [0.25, 0.3) is 11.8 Å².